The maximum Gasteiger partial charge on any atom is 0.264 e. The fourth-order valence-electron chi connectivity index (χ4n) is 4.02. The number of hydrogen-bond acceptors (Lipinski definition) is 5. The van der Waals surface area contributed by atoms with Crippen LogP contribution < -0.4 is 15.0 Å². The van der Waals surface area contributed by atoms with Crippen LogP contribution in [0.4, 0.5) is 11.4 Å². The largest absolute Gasteiger partial charge is 0.322 e. The van der Waals surface area contributed by atoms with Crippen LogP contribution in [-0.4, -0.2) is 32.5 Å². The number of rotatable bonds is 9. The van der Waals surface area contributed by atoms with Crippen molar-refractivity contribution in [3.05, 3.63) is 125 Å². The first-order valence-electron chi connectivity index (χ1n) is 13.0. The Kier molecular flexibility index (Phi) is 8.99. The fraction of sp³-hybridized carbons (Fsp3) is 0.156. The number of aryl methyl sites for hydroxylation is 3. The summed E-state index contributed by atoms with van der Waals surface area (Å²) < 4.78 is 28.4. The SMILES string of the molecule is C/C(=N/NC(=O)CN(c1ccc(C)c(C)c1)S(=O)(=O)c1ccc(C)cc1)c1cccc(NC(=O)c2ccccc2)c1. The molecule has 2 N–H and O–H groups in total. The number of sulfonamides is 1. The normalized spacial score (nSPS) is 11.6. The molecule has 0 unspecified atom stereocenters. The zero-order valence-electron chi connectivity index (χ0n) is 23.4. The molecule has 210 valence electrons. The van der Waals surface area contributed by atoms with E-state index in [1.165, 1.54) is 12.1 Å². The lowest BCUT2D eigenvalue weighted by Crippen LogP contribution is -2.39. The van der Waals surface area contributed by atoms with E-state index < -0.39 is 22.5 Å². The lowest BCUT2D eigenvalue weighted by Gasteiger charge is -2.24. The van der Waals surface area contributed by atoms with Gasteiger partial charge in [-0.3, -0.25) is 13.9 Å². The zero-order chi connectivity index (χ0) is 29.6. The van der Waals surface area contributed by atoms with E-state index in [2.05, 4.69) is 15.8 Å². The van der Waals surface area contributed by atoms with Crippen molar-refractivity contribution >= 4 is 38.9 Å². The molecule has 0 aromatic heterocycles. The molecule has 0 spiro atoms. The van der Waals surface area contributed by atoms with Crippen LogP contribution in [0.3, 0.4) is 0 Å². The molecule has 0 atom stereocenters. The minimum absolute atomic E-state index is 0.0863. The minimum atomic E-state index is -4.04. The van der Waals surface area contributed by atoms with Crippen LogP contribution in [0, 0.1) is 20.8 Å². The summed E-state index contributed by atoms with van der Waals surface area (Å²) in [5.41, 5.74) is 7.96. The van der Waals surface area contributed by atoms with Gasteiger partial charge in [0.2, 0.25) is 0 Å². The number of hydrogen-bond donors (Lipinski definition) is 2. The highest BCUT2D eigenvalue weighted by Crippen LogP contribution is 2.26. The zero-order valence-corrected chi connectivity index (χ0v) is 24.2. The average molecular weight is 569 g/mol. The third kappa shape index (κ3) is 7.26. The van der Waals surface area contributed by atoms with Crippen molar-refractivity contribution in [2.45, 2.75) is 32.6 Å². The molecule has 0 saturated heterocycles. The highest BCUT2D eigenvalue weighted by molar-refractivity contribution is 7.92. The summed E-state index contributed by atoms with van der Waals surface area (Å²) in [4.78, 5) is 25.6. The first-order chi connectivity index (χ1) is 19.5. The predicted octanol–water partition coefficient (Wildman–Crippen LogP) is 5.60. The van der Waals surface area contributed by atoms with Gasteiger partial charge in [0.1, 0.15) is 6.54 Å². The quantitative estimate of drug-likeness (QED) is 0.202. The van der Waals surface area contributed by atoms with Gasteiger partial charge in [-0.1, -0.05) is 54.1 Å². The van der Waals surface area contributed by atoms with Gasteiger partial charge >= 0.3 is 0 Å². The monoisotopic (exact) mass is 568 g/mol. The van der Waals surface area contributed by atoms with E-state index in [0.717, 1.165) is 21.0 Å². The van der Waals surface area contributed by atoms with Gasteiger partial charge in [0, 0.05) is 11.3 Å². The van der Waals surface area contributed by atoms with E-state index in [-0.39, 0.29) is 10.8 Å². The van der Waals surface area contributed by atoms with Crippen LogP contribution in [0.5, 0.6) is 0 Å². The molecule has 2 amide bonds. The summed E-state index contributed by atoms with van der Waals surface area (Å²) in [7, 11) is -4.04. The smallest absolute Gasteiger partial charge is 0.264 e. The second-order valence-electron chi connectivity index (χ2n) is 9.73. The topological polar surface area (TPSA) is 108 Å². The van der Waals surface area contributed by atoms with Gasteiger partial charge in [0.05, 0.1) is 16.3 Å². The van der Waals surface area contributed by atoms with Gasteiger partial charge in [-0.05, 0) is 92.9 Å². The van der Waals surface area contributed by atoms with Crippen LogP contribution in [0.25, 0.3) is 0 Å². The van der Waals surface area contributed by atoms with E-state index in [1.807, 2.05) is 32.9 Å². The molecule has 8 nitrogen and oxygen atoms in total. The van der Waals surface area contributed by atoms with Gasteiger partial charge in [0.25, 0.3) is 21.8 Å². The van der Waals surface area contributed by atoms with E-state index in [1.54, 1.807) is 79.7 Å². The maximum absolute atomic E-state index is 13.6. The number of nitrogens with zero attached hydrogens (tertiary/aromatic N) is 2. The van der Waals surface area contributed by atoms with Crippen molar-refractivity contribution in [3.63, 3.8) is 0 Å². The molecule has 4 rings (SSSR count). The van der Waals surface area contributed by atoms with Crippen molar-refractivity contribution in [3.8, 4) is 0 Å². The Hall–Kier alpha value is -4.76. The second-order valence-corrected chi connectivity index (χ2v) is 11.6. The molecule has 0 saturated carbocycles. The summed E-state index contributed by atoms with van der Waals surface area (Å²) in [5, 5.41) is 7.05. The van der Waals surface area contributed by atoms with Gasteiger partial charge in [-0.25, -0.2) is 13.8 Å². The summed E-state index contributed by atoms with van der Waals surface area (Å²) in [6, 6.07) is 27.7. The van der Waals surface area contributed by atoms with Gasteiger partial charge in [-0.15, -0.1) is 0 Å². The molecule has 9 heteroatoms. The molecular formula is C32H32N4O4S. The number of nitrogens with one attached hydrogen (secondary N) is 2. The molecule has 4 aromatic carbocycles. The molecule has 0 heterocycles. The van der Waals surface area contributed by atoms with Crippen LogP contribution >= 0.6 is 0 Å². The van der Waals surface area contributed by atoms with Crippen molar-refractivity contribution < 1.29 is 18.0 Å². The number of benzene rings is 4. The number of hydrazone groups is 1. The van der Waals surface area contributed by atoms with Crippen molar-refractivity contribution in [2.24, 2.45) is 5.10 Å². The summed E-state index contributed by atoms with van der Waals surface area (Å²) >= 11 is 0. The van der Waals surface area contributed by atoms with Gasteiger partial charge in [-0.2, -0.15) is 5.10 Å². The van der Waals surface area contributed by atoms with Crippen LogP contribution in [-0.2, 0) is 14.8 Å². The fourth-order valence-corrected chi connectivity index (χ4v) is 5.44. The third-order valence-electron chi connectivity index (χ3n) is 6.60. The second kappa shape index (κ2) is 12.6. The average Bonchev–Trinajstić information content (AvgIpc) is 2.97. The van der Waals surface area contributed by atoms with Gasteiger partial charge < -0.3 is 5.32 Å². The van der Waals surface area contributed by atoms with E-state index >= 15 is 0 Å². The summed E-state index contributed by atoms with van der Waals surface area (Å²) in [5.74, 6) is -0.848. The number of anilines is 2. The van der Waals surface area contributed by atoms with Crippen LogP contribution in [0.15, 0.2) is 107 Å². The van der Waals surface area contributed by atoms with E-state index in [4.69, 9.17) is 0 Å². The van der Waals surface area contributed by atoms with Crippen molar-refractivity contribution in [1.29, 1.82) is 0 Å². The molecule has 0 fully saturated rings. The molecule has 41 heavy (non-hydrogen) atoms. The molecule has 0 aliphatic carbocycles. The molecule has 0 aliphatic heterocycles. The number of carbonyl (C=O) groups excluding carboxylic acids is 2. The Morgan fingerprint density at radius 3 is 2.15 bits per heavy atom. The molecular weight excluding hydrogens is 536 g/mol. The standard InChI is InChI=1S/C32H32N4O4S/c1-22-13-17-30(18-14-22)41(39,40)36(29-16-15-23(2)24(3)19-29)21-31(37)35-34-25(4)27-11-8-12-28(20-27)33-32(38)26-9-6-5-7-10-26/h5-20H,21H2,1-4H3,(H,33,38)(H,35,37)/b34-25-. The Morgan fingerprint density at radius 1 is 0.780 bits per heavy atom. The first kappa shape index (κ1) is 29.2. The van der Waals surface area contributed by atoms with E-state index in [0.29, 0.717) is 28.2 Å². The lowest BCUT2D eigenvalue weighted by molar-refractivity contribution is -0.119. The Morgan fingerprint density at radius 2 is 1.46 bits per heavy atom. The molecule has 0 radical (unpaired) electrons. The lowest BCUT2D eigenvalue weighted by atomic mass is 10.1. The highest BCUT2D eigenvalue weighted by Gasteiger charge is 2.27. The van der Waals surface area contributed by atoms with Crippen molar-refractivity contribution in [1.82, 2.24) is 5.43 Å². The Balaban J connectivity index is 1.52. The first-order valence-corrected chi connectivity index (χ1v) is 14.5. The predicted molar refractivity (Wildman–Crippen MR) is 163 cm³/mol. The number of amides is 2. The minimum Gasteiger partial charge on any atom is -0.322 e. The van der Waals surface area contributed by atoms with Crippen LogP contribution in [0.2, 0.25) is 0 Å². The maximum atomic E-state index is 13.6. The molecule has 0 bridgehead atoms. The summed E-state index contributed by atoms with van der Waals surface area (Å²) in [6.45, 7) is 6.94. The molecule has 4 aromatic rings. The van der Waals surface area contributed by atoms with Gasteiger partial charge in [0.15, 0.2) is 0 Å². The summed E-state index contributed by atoms with van der Waals surface area (Å²) in [6.07, 6.45) is 0. The highest BCUT2D eigenvalue weighted by atomic mass is 32.2. The molecule has 0 aliphatic rings. The Bertz CT molecular complexity index is 1700. The third-order valence-corrected chi connectivity index (χ3v) is 8.39. The van der Waals surface area contributed by atoms with Crippen LogP contribution in [0.1, 0.15) is 39.5 Å². The van der Waals surface area contributed by atoms with E-state index in [9.17, 15) is 18.0 Å². The van der Waals surface area contributed by atoms with Crippen molar-refractivity contribution in [2.75, 3.05) is 16.2 Å². The Labute approximate surface area is 240 Å². The number of carbonyl (C=O) groups is 2.